The van der Waals surface area contributed by atoms with Crippen LogP contribution >= 0.6 is 0 Å². The number of nitrogens with two attached hydrogens (primary N) is 1. The topological polar surface area (TPSA) is 102 Å². The average molecular weight is 282 g/mol. The number of rotatable bonds is 6. The normalized spacial score (nSPS) is 16.1. The van der Waals surface area contributed by atoms with E-state index in [1.54, 1.807) is 0 Å². The van der Waals surface area contributed by atoms with Gasteiger partial charge in [-0.05, 0) is 19.3 Å². The number of aliphatic hydroxyl groups excluding tert-OH is 1. The second kappa shape index (κ2) is 5.32. The first kappa shape index (κ1) is 14.6. The molecular weight excluding hydrogens is 260 g/mol. The first-order valence-electron chi connectivity index (χ1n) is 6.94. The molecule has 0 spiro atoms. The average Bonchev–Trinajstić information content (AvgIpc) is 3.22. The number of nitrogen functional groups attached to an aromatic ring is 1. The number of aliphatic hydroxyl groups is 1. The summed E-state index contributed by atoms with van der Waals surface area (Å²) in [7, 11) is 1.44. The maximum Gasteiger partial charge on any atom is 0.332 e. The fourth-order valence-electron chi connectivity index (χ4n) is 2.17. The first-order chi connectivity index (χ1) is 9.45. The van der Waals surface area contributed by atoms with Gasteiger partial charge in [0.05, 0.1) is 12.1 Å². The number of hydrogen-bond acceptors (Lipinski definition) is 5. The molecule has 0 aliphatic heterocycles. The predicted octanol–water partition coefficient (Wildman–Crippen LogP) is -0.134. The third-order valence-electron chi connectivity index (χ3n) is 3.86. The number of aromatic nitrogens is 2. The van der Waals surface area contributed by atoms with Crippen LogP contribution in [0.2, 0.25) is 0 Å². The van der Waals surface area contributed by atoms with Crippen molar-refractivity contribution in [2.24, 2.45) is 7.05 Å². The lowest BCUT2D eigenvalue weighted by molar-refractivity contribution is 0.266. The standard InChI is InChI=1S/C13H22N4O3/c1-3-4-7-17-10(14)9(11(19)16(2)12(17)20)15-13(8-18)5-6-13/h15,18H,3-8,14H2,1-2H3. The van der Waals surface area contributed by atoms with Crippen molar-refractivity contribution < 1.29 is 5.11 Å². The highest BCUT2D eigenvalue weighted by Crippen LogP contribution is 2.38. The van der Waals surface area contributed by atoms with E-state index in [0.29, 0.717) is 6.54 Å². The lowest BCUT2D eigenvalue weighted by atomic mass is 10.2. The fourth-order valence-corrected chi connectivity index (χ4v) is 2.17. The summed E-state index contributed by atoms with van der Waals surface area (Å²) in [6, 6.07) is 0. The Balaban J connectivity index is 2.48. The molecule has 20 heavy (non-hydrogen) atoms. The van der Waals surface area contributed by atoms with E-state index in [0.717, 1.165) is 30.3 Å². The van der Waals surface area contributed by atoms with E-state index in [4.69, 9.17) is 5.73 Å². The molecule has 0 unspecified atom stereocenters. The molecule has 0 bridgehead atoms. The van der Waals surface area contributed by atoms with Crippen LogP contribution < -0.4 is 22.3 Å². The number of nitrogens with zero attached hydrogens (tertiary/aromatic N) is 2. The van der Waals surface area contributed by atoms with Crippen LogP contribution in [-0.4, -0.2) is 26.4 Å². The van der Waals surface area contributed by atoms with Gasteiger partial charge in [-0.15, -0.1) is 0 Å². The van der Waals surface area contributed by atoms with Crippen LogP contribution in [0, 0.1) is 0 Å². The number of unbranched alkanes of at least 4 members (excludes halogenated alkanes) is 1. The van der Waals surface area contributed by atoms with E-state index >= 15 is 0 Å². The second-order valence-electron chi connectivity index (χ2n) is 5.48. The van der Waals surface area contributed by atoms with Gasteiger partial charge < -0.3 is 16.2 Å². The lowest BCUT2D eigenvalue weighted by Gasteiger charge is -2.20. The zero-order valence-electron chi connectivity index (χ0n) is 12.0. The van der Waals surface area contributed by atoms with Gasteiger partial charge >= 0.3 is 5.69 Å². The molecule has 7 nitrogen and oxygen atoms in total. The smallest absolute Gasteiger partial charge is 0.332 e. The van der Waals surface area contributed by atoms with E-state index in [1.807, 2.05) is 6.92 Å². The minimum Gasteiger partial charge on any atom is -0.394 e. The van der Waals surface area contributed by atoms with Crippen molar-refractivity contribution in [2.45, 2.75) is 44.7 Å². The van der Waals surface area contributed by atoms with Gasteiger partial charge in [-0.3, -0.25) is 13.9 Å². The van der Waals surface area contributed by atoms with Gasteiger partial charge in [-0.25, -0.2) is 4.79 Å². The van der Waals surface area contributed by atoms with Crippen LogP contribution in [-0.2, 0) is 13.6 Å². The number of anilines is 2. The summed E-state index contributed by atoms with van der Waals surface area (Å²) in [6.45, 7) is 2.45. The van der Waals surface area contributed by atoms with Crippen LogP contribution in [0.25, 0.3) is 0 Å². The van der Waals surface area contributed by atoms with Gasteiger partial charge in [-0.1, -0.05) is 13.3 Å². The molecule has 0 radical (unpaired) electrons. The SMILES string of the molecule is CCCCn1c(N)c(NC2(CO)CC2)c(=O)n(C)c1=O. The van der Waals surface area contributed by atoms with E-state index in [-0.39, 0.29) is 18.1 Å². The van der Waals surface area contributed by atoms with Gasteiger partial charge in [-0.2, -0.15) is 0 Å². The monoisotopic (exact) mass is 282 g/mol. The van der Waals surface area contributed by atoms with Gasteiger partial charge in [0, 0.05) is 13.6 Å². The van der Waals surface area contributed by atoms with E-state index in [1.165, 1.54) is 11.6 Å². The zero-order valence-corrected chi connectivity index (χ0v) is 12.0. The van der Waals surface area contributed by atoms with Gasteiger partial charge in [0.15, 0.2) is 0 Å². The molecule has 0 atom stereocenters. The Morgan fingerprint density at radius 1 is 1.40 bits per heavy atom. The molecule has 1 aliphatic carbocycles. The highest BCUT2D eigenvalue weighted by atomic mass is 16.3. The molecule has 0 amide bonds. The third kappa shape index (κ3) is 2.45. The summed E-state index contributed by atoms with van der Waals surface area (Å²) >= 11 is 0. The summed E-state index contributed by atoms with van der Waals surface area (Å²) < 4.78 is 2.47. The second-order valence-corrected chi connectivity index (χ2v) is 5.48. The molecule has 0 saturated heterocycles. The van der Waals surface area contributed by atoms with Gasteiger partial charge in [0.1, 0.15) is 11.5 Å². The molecule has 0 aromatic carbocycles. The van der Waals surface area contributed by atoms with Crippen LogP contribution in [0.3, 0.4) is 0 Å². The molecule has 1 heterocycles. The maximum atomic E-state index is 12.2. The molecule has 4 N–H and O–H groups in total. The molecule has 112 valence electrons. The molecule has 1 saturated carbocycles. The summed E-state index contributed by atoms with van der Waals surface area (Å²) in [5, 5.41) is 12.4. The quantitative estimate of drug-likeness (QED) is 0.674. The van der Waals surface area contributed by atoms with Crippen LogP contribution in [0.4, 0.5) is 11.5 Å². The van der Waals surface area contributed by atoms with E-state index < -0.39 is 16.8 Å². The summed E-state index contributed by atoms with van der Waals surface area (Å²) in [5.74, 6) is 0.159. The molecule has 1 aliphatic rings. The molecular formula is C13H22N4O3. The van der Waals surface area contributed by atoms with Crippen LogP contribution in [0.5, 0.6) is 0 Å². The summed E-state index contributed by atoms with van der Waals surface area (Å²) in [5.41, 5.74) is 4.91. The highest BCUT2D eigenvalue weighted by Gasteiger charge is 2.43. The van der Waals surface area contributed by atoms with Crippen molar-refractivity contribution >= 4 is 11.5 Å². The predicted molar refractivity (Wildman–Crippen MR) is 77.9 cm³/mol. The van der Waals surface area contributed by atoms with E-state index in [2.05, 4.69) is 5.32 Å². The Hall–Kier alpha value is -1.76. The minimum atomic E-state index is -0.451. The van der Waals surface area contributed by atoms with Crippen molar-refractivity contribution in [1.29, 1.82) is 0 Å². The van der Waals surface area contributed by atoms with Crippen LogP contribution in [0.15, 0.2) is 9.59 Å². The molecule has 1 fully saturated rings. The Labute approximate surface area is 117 Å². The van der Waals surface area contributed by atoms with Crippen molar-refractivity contribution in [1.82, 2.24) is 9.13 Å². The van der Waals surface area contributed by atoms with Crippen molar-refractivity contribution in [3.05, 3.63) is 20.8 Å². The number of hydrogen-bond donors (Lipinski definition) is 3. The number of nitrogens with one attached hydrogen (secondary N) is 1. The minimum absolute atomic E-state index is 0.0519. The summed E-state index contributed by atoms with van der Waals surface area (Å²) in [4.78, 5) is 24.3. The Bertz CT molecular complexity index is 613. The maximum absolute atomic E-state index is 12.2. The molecule has 2 rings (SSSR count). The molecule has 1 aromatic rings. The molecule has 7 heteroatoms. The van der Waals surface area contributed by atoms with E-state index in [9.17, 15) is 14.7 Å². The van der Waals surface area contributed by atoms with Gasteiger partial charge in [0.25, 0.3) is 5.56 Å². The third-order valence-corrected chi connectivity index (χ3v) is 3.86. The zero-order chi connectivity index (χ0) is 14.9. The Morgan fingerprint density at radius 2 is 2.05 bits per heavy atom. The highest BCUT2D eigenvalue weighted by molar-refractivity contribution is 5.62. The first-order valence-corrected chi connectivity index (χ1v) is 6.94. The largest absolute Gasteiger partial charge is 0.394 e. The Morgan fingerprint density at radius 3 is 2.55 bits per heavy atom. The molecule has 1 aromatic heterocycles. The van der Waals surface area contributed by atoms with Crippen molar-refractivity contribution in [3.8, 4) is 0 Å². The van der Waals surface area contributed by atoms with Crippen molar-refractivity contribution in [2.75, 3.05) is 17.7 Å². The fraction of sp³-hybridized carbons (Fsp3) is 0.692. The van der Waals surface area contributed by atoms with Crippen LogP contribution in [0.1, 0.15) is 32.6 Å². The van der Waals surface area contributed by atoms with Crippen molar-refractivity contribution in [3.63, 3.8) is 0 Å². The summed E-state index contributed by atoms with van der Waals surface area (Å²) in [6.07, 6.45) is 3.32. The lowest BCUT2D eigenvalue weighted by Crippen LogP contribution is -2.42. The Kier molecular flexibility index (Phi) is 3.89. The van der Waals surface area contributed by atoms with Gasteiger partial charge in [0.2, 0.25) is 0 Å².